The third-order valence-corrected chi connectivity index (χ3v) is 6.07. The van der Waals surface area contributed by atoms with Gasteiger partial charge < -0.3 is 10.1 Å². The van der Waals surface area contributed by atoms with Gasteiger partial charge in [-0.25, -0.2) is 5.10 Å². The Hall–Kier alpha value is -2.74. The molecule has 0 saturated carbocycles. The molecule has 1 atom stereocenters. The Kier molecular flexibility index (Phi) is 9.00. The van der Waals surface area contributed by atoms with Gasteiger partial charge in [-0.05, 0) is 57.0 Å². The molecule has 1 fully saturated rings. The second-order valence-electron chi connectivity index (χ2n) is 8.32. The fourth-order valence-corrected chi connectivity index (χ4v) is 4.47. The number of benzene rings is 2. The quantitative estimate of drug-likeness (QED) is 0.457. The highest BCUT2D eigenvalue weighted by atomic mass is 35.5. The minimum atomic E-state index is -0.212. The van der Waals surface area contributed by atoms with Crippen molar-refractivity contribution in [2.75, 3.05) is 32.1 Å². The van der Waals surface area contributed by atoms with Gasteiger partial charge in [0.25, 0.3) is 5.56 Å². The summed E-state index contributed by atoms with van der Waals surface area (Å²) in [4.78, 5) is 27.0. The zero-order valence-corrected chi connectivity index (χ0v) is 19.7. The molecule has 1 aliphatic heterocycles. The number of aromatic nitrogens is 2. The van der Waals surface area contributed by atoms with Crippen molar-refractivity contribution in [3.05, 3.63) is 58.9 Å². The summed E-state index contributed by atoms with van der Waals surface area (Å²) >= 11 is 0. The minimum Gasteiger partial charge on any atom is -0.383 e. The van der Waals surface area contributed by atoms with Gasteiger partial charge in [-0.1, -0.05) is 30.3 Å². The maximum Gasteiger partial charge on any atom is 0.272 e. The molecule has 1 saturated heterocycles. The maximum atomic E-state index is 12.5. The lowest BCUT2D eigenvalue weighted by atomic mass is 10.0. The van der Waals surface area contributed by atoms with E-state index in [9.17, 15) is 9.59 Å². The molecular formula is C25H31ClN4O3. The van der Waals surface area contributed by atoms with E-state index in [4.69, 9.17) is 4.74 Å². The van der Waals surface area contributed by atoms with Crippen LogP contribution in [0.3, 0.4) is 0 Å². The monoisotopic (exact) mass is 470 g/mol. The summed E-state index contributed by atoms with van der Waals surface area (Å²) < 4.78 is 5.31. The molecule has 2 heterocycles. The van der Waals surface area contributed by atoms with E-state index in [1.54, 1.807) is 13.2 Å². The van der Waals surface area contributed by atoms with E-state index in [0.29, 0.717) is 23.5 Å². The first-order valence-corrected chi connectivity index (χ1v) is 11.3. The average molecular weight is 471 g/mol. The number of hydrogen-bond donors (Lipinski definition) is 2. The van der Waals surface area contributed by atoms with Crippen LogP contribution in [0, 0.1) is 0 Å². The van der Waals surface area contributed by atoms with E-state index in [1.165, 1.54) is 12.8 Å². The third kappa shape index (κ3) is 6.19. The number of fused-ring (bicyclic) bond motifs is 1. The molecule has 176 valence electrons. The molecule has 0 aliphatic carbocycles. The van der Waals surface area contributed by atoms with Crippen molar-refractivity contribution >= 4 is 34.8 Å². The minimum absolute atomic E-state index is 0. The van der Waals surface area contributed by atoms with Crippen LogP contribution in [0.15, 0.2) is 53.3 Å². The predicted octanol–water partition coefficient (Wildman–Crippen LogP) is 4.23. The number of carbonyl (C=O) groups is 1. The van der Waals surface area contributed by atoms with Gasteiger partial charge in [0.1, 0.15) is 0 Å². The number of H-pyrrole nitrogens is 1. The summed E-state index contributed by atoms with van der Waals surface area (Å²) in [6, 6.07) is 15.5. The van der Waals surface area contributed by atoms with Gasteiger partial charge in [0.05, 0.1) is 17.7 Å². The van der Waals surface area contributed by atoms with Crippen molar-refractivity contribution in [3.63, 3.8) is 0 Å². The highest BCUT2D eigenvalue weighted by Crippen LogP contribution is 2.26. The van der Waals surface area contributed by atoms with Gasteiger partial charge in [0.15, 0.2) is 0 Å². The van der Waals surface area contributed by atoms with Gasteiger partial charge in [-0.15, -0.1) is 12.4 Å². The molecule has 8 heteroatoms. The number of likely N-dealkylation sites (tertiary alicyclic amines) is 1. The molecule has 4 rings (SSSR count). The van der Waals surface area contributed by atoms with Crippen LogP contribution >= 0.6 is 12.4 Å². The van der Waals surface area contributed by atoms with E-state index in [0.717, 1.165) is 49.2 Å². The molecule has 0 radical (unpaired) electrons. The first-order chi connectivity index (χ1) is 15.7. The number of methoxy groups -OCH3 is 1. The zero-order valence-electron chi connectivity index (χ0n) is 18.9. The smallest absolute Gasteiger partial charge is 0.272 e. The Morgan fingerprint density at radius 1 is 1.18 bits per heavy atom. The molecule has 7 nitrogen and oxygen atoms in total. The number of amides is 1. The molecule has 33 heavy (non-hydrogen) atoms. The maximum absolute atomic E-state index is 12.5. The molecular weight excluding hydrogens is 440 g/mol. The standard InChI is InChI=1S/C25H30N4O3.ClH/c1-32-17-20-10-7-15-29(20)14-5-4-13-23(30)26-19-9-6-8-18(16-19)24-21-11-2-3-12-22(21)25(31)28-27-24;/h2-3,6,8-9,11-12,16,20H,4-5,7,10,13-15,17H2,1H3,(H,26,30)(H,28,31);1H/t20-;/m1./s1. The summed E-state index contributed by atoms with van der Waals surface area (Å²) in [5, 5.41) is 11.2. The highest BCUT2D eigenvalue weighted by Gasteiger charge is 2.23. The zero-order chi connectivity index (χ0) is 22.3. The predicted molar refractivity (Wildman–Crippen MR) is 134 cm³/mol. The van der Waals surface area contributed by atoms with E-state index in [-0.39, 0.29) is 23.9 Å². The van der Waals surface area contributed by atoms with Crippen molar-refractivity contribution in [1.29, 1.82) is 0 Å². The summed E-state index contributed by atoms with van der Waals surface area (Å²) in [5.41, 5.74) is 2.04. The Balaban J connectivity index is 0.00000306. The van der Waals surface area contributed by atoms with Crippen molar-refractivity contribution in [3.8, 4) is 11.3 Å². The molecule has 2 N–H and O–H groups in total. The number of nitrogens with zero attached hydrogens (tertiary/aromatic N) is 2. The number of anilines is 1. The number of unbranched alkanes of at least 4 members (excludes halogenated alkanes) is 1. The van der Waals surface area contributed by atoms with Crippen LogP contribution in [-0.2, 0) is 9.53 Å². The molecule has 0 unspecified atom stereocenters. The fraction of sp³-hybridized carbons (Fsp3) is 0.400. The molecule has 1 amide bonds. The van der Waals surface area contributed by atoms with Crippen molar-refractivity contribution in [1.82, 2.24) is 15.1 Å². The summed E-state index contributed by atoms with van der Waals surface area (Å²) in [5.74, 6) is 0.0105. The Morgan fingerprint density at radius 3 is 2.82 bits per heavy atom. The number of carbonyl (C=O) groups excluding carboxylic acids is 1. The van der Waals surface area contributed by atoms with E-state index >= 15 is 0 Å². The molecule has 1 aromatic heterocycles. The van der Waals surface area contributed by atoms with Crippen molar-refractivity contribution in [2.45, 2.75) is 38.1 Å². The van der Waals surface area contributed by atoms with Gasteiger partial charge in [0.2, 0.25) is 5.91 Å². The van der Waals surface area contributed by atoms with Crippen LogP contribution in [0.4, 0.5) is 5.69 Å². The van der Waals surface area contributed by atoms with Crippen molar-refractivity contribution in [2.24, 2.45) is 0 Å². The normalized spacial score (nSPS) is 16.0. The molecule has 0 spiro atoms. The van der Waals surface area contributed by atoms with Gasteiger partial charge in [-0.3, -0.25) is 14.5 Å². The topological polar surface area (TPSA) is 87.3 Å². The molecule has 3 aromatic rings. The first-order valence-electron chi connectivity index (χ1n) is 11.3. The van der Waals surface area contributed by atoms with Gasteiger partial charge in [-0.2, -0.15) is 5.10 Å². The third-order valence-electron chi connectivity index (χ3n) is 6.07. The lowest BCUT2D eigenvalue weighted by Crippen LogP contribution is -2.33. The number of halogens is 1. The number of ether oxygens (including phenoxy) is 1. The Morgan fingerprint density at radius 2 is 2.00 bits per heavy atom. The van der Waals surface area contributed by atoms with Gasteiger partial charge >= 0.3 is 0 Å². The van der Waals surface area contributed by atoms with E-state index in [1.807, 2.05) is 42.5 Å². The van der Waals surface area contributed by atoms with E-state index in [2.05, 4.69) is 20.4 Å². The summed E-state index contributed by atoms with van der Waals surface area (Å²) in [6.45, 7) is 2.93. The number of nitrogens with one attached hydrogen (secondary N) is 2. The van der Waals surface area contributed by atoms with Crippen LogP contribution in [0.2, 0.25) is 0 Å². The number of rotatable bonds is 9. The van der Waals surface area contributed by atoms with Gasteiger partial charge in [0, 0.05) is 36.2 Å². The summed E-state index contributed by atoms with van der Waals surface area (Å²) in [7, 11) is 1.76. The largest absolute Gasteiger partial charge is 0.383 e. The van der Waals surface area contributed by atoms with Crippen LogP contribution in [0.25, 0.3) is 22.0 Å². The highest BCUT2D eigenvalue weighted by molar-refractivity contribution is 5.95. The Bertz CT molecular complexity index is 1130. The molecule has 1 aliphatic rings. The average Bonchev–Trinajstić information content (AvgIpc) is 3.25. The first kappa shape index (κ1) is 24.9. The van der Waals surface area contributed by atoms with E-state index < -0.39 is 0 Å². The second kappa shape index (κ2) is 11.9. The van der Waals surface area contributed by atoms with Crippen LogP contribution < -0.4 is 10.9 Å². The Labute approximate surface area is 199 Å². The number of hydrogen-bond acceptors (Lipinski definition) is 5. The molecule has 2 aromatic carbocycles. The summed E-state index contributed by atoms with van der Waals surface area (Å²) in [6.07, 6.45) is 4.77. The lowest BCUT2D eigenvalue weighted by Gasteiger charge is -2.23. The van der Waals surface area contributed by atoms with Crippen molar-refractivity contribution < 1.29 is 9.53 Å². The second-order valence-corrected chi connectivity index (χ2v) is 8.32. The van der Waals surface area contributed by atoms with Crippen LogP contribution in [-0.4, -0.2) is 53.9 Å². The molecule has 0 bridgehead atoms. The SMILES string of the molecule is COC[C@H]1CCCN1CCCCC(=O)Nc1cccc(-c2n[nH]c(=O)c3ccccc23)c1.Cl. The van der Waals surface area contributed by atoms with Crippen LogP contribution in [0.5, 0.6) is 0 Å². The lowest BCUT2D eigenvalue weighted by molar-refractivity contribution is -0.116. The number of aromatic amines is 1. The van der Waals surface area contributed by atoms with Crippen LogP contribution in [0.1, 0.15) is 32.1 Å². The fourth-order valence-electron chi connectivity index (χ4n) is 4.47.